The van der Waals surface area contributed by atoms with Gasteiger partial charge in [-0.15, -0.1) is 0 Å². The SMILES string of the molecule is c1ccc(-n2c3ccccc3c3cc(-c4ccc5c(c4)c4ccc6c7ccccc7n(-c7ccccc7)c6c4n5-c4ccccc4)ccc32)cc1.c1ccc(-n2c3ccccc3c3ccc4c5cc(-c6cccc7c6oc6ccccc67)ccc5n(-c5ccccc5)c4c32)cc1.c1ccc(-n2c3ccccc3c3ccc4c5cc(-n6c7ccccc7c7ccccc76)ccc5n(-c5ccccc5)c4c32)cc1. The van der Waals surface area contributed by atoms with Crippen molar-refractivity contribution in [2.75, 3.05) is 0 Å². The monoisotopic (exact) mass is 1800 g/mol. The van der Waals surface area contributed by atoms with Crippen LogP contribution in [-0.4, -0.2) is 36.5 Å². The van der Waals surface area contributed by atoms with Gasteiger partial charge in [0.25, 0.3) is 0 Å². The van der Waals surface area contributed by atoms with Gasteiger partial charge in [-0.25, -0.2) is 0 Å². The van der Waals surface area contributed by atoms with Gasteiger partial charge < -0.3 is 41.0 Å². The molecule has 0 amide bonds. The summed E-state index contributed by atoms with van der Waals surface area (Å²) in [5.41, 5.74) is 35.1. The fourth-order valence-electron chi connectivity index (χ4n) is 23.4. The molecule has 0 spiro atoms. The van der Waals surface area contributed by atoms with Gasteiger partial charge in [-0.05, 0) is 199 Å². The molecular formula is C132H84N8O. The number of hydrogen-bond donors (Lipinski definition) is 0. The van der Waals surface area contributed by atoms with E-state index >= 15 is 0 Å². The lowest BCUT2D eigenvalue weighted by atomic mass is 10.00. The maximum Gasteiger partial charge on any atom is 0.143 e. The molecule has 0 radical (unpaired) electrons. The van der Waals surface area contributed by atoms with E-state index < -0.39 is 0 Å². The molecule has 9 heterocycles. The van der Waals surface area contributed by atoms with Crippen LogP contribution in [0.15, 0.2) is 514 Å². The standard InChI is InChI=1S/C48H31N3.C42H27N3.C42H26N2O/c1-4-14-34(15-5-1)49-43-22-12-11-21-38(43)41-30-32(24-28-45(41)49)33-25-29-46-42(31-33)40-27-26-39-37-20-10-13-23-44(37)50(35-16-6-2-7-17-35)47(39)48(40)51(46)36-18-8-3-9-19-36;1-3-13-28(14-4-1)44-39-22-12-9-19-33(39)34-24-25-35-36-27-30(43-37-20-10-7-17-31(37)32-18-8-11-21-38(32)43)23-26-40(36)45(42(35)41(34)44)29-15-5-2-6-16-29;1-3-12-28(13-4-1)43-37-20-9-7-16-31(37)33-23-24-34-36-26-27(30-18-11-19-35-32-17-8-10-21-39(32)45-42(30)35)22-25-38(36)44(41(34)40(33)43)29-14-5-2-6-15-29/h1-31H;1-27H;1-26H. The van der Waals surface area contributed by atoms with Crippen LogP contribution in [0.1, 0.15) is 0 Å². The minimum absolute atomic E-state index is 0.915. The van der Waals surface area contributed by atoms with Crippen LogP contribution in [-0.2, 0) is 0 Å². The first-order valence-corrected chi connectivity index (χ1v) is 48.4. The zero-order chi connectivity index (χ0) is 92.4. The van der Waals surface area contributed by atoms with Gasteiger partial charge in [0.2, 0.25) is 0 Å². The molecule has 0 N–H and O–H groups in total. The zero-order valence-corrected chi connectivity index (χ0v) is 76.5. The van der Waals surface area contributed by atoms with Crippen molar-refractivity contribution >= 4 is 196 Å². The number of benzene rings is 22. The molecule has 22 aromatic carbocycles. The summed E-state index contributed by atoms with van der Waals surface area (Å²) in [6, 6.07) is 184. The smallest absolute Gasteiger partial charge is 0.143 e. The van der Waals surface area contributed by atoms with E-state index in [1.54, 1.807) is 0 Å². The molecular weight excluding hydrogens is 1710 g/mol. The minimum atomic E-state index is 0.915. The summed E-state index contributed by atoms with van der Waals surface area (Å²) in [6.07, 6.45) is 0. The lowest BCUT2D eigenvalue weighted by Crippen LogP contribution is -1.98. The van der Waals surface area contributed by atoms with Crippen LogP contribution in [0.4, 0.5) is 0 Å². The number of hydrogen-bond acceptors (Lipinski definition) is 1. The molecule has 31 rings (SSSR count). The molecule has 0 atom stereocenters. The third-order valence-electron chi connectivity index (χ3n) is 29.3. The lowest BCUT2D eigenvalue weighted by Gasteiger charge is -2.12. The van der Waals surface area contributed by atoms with E-state index in [-0.39, 0.29) is 0 Å². The number of fused-ring (bicyclic) bond motifs is 30. The van der Waals surface area contributed by atoms with Crippen molar-refractivity contribution in [3.05, 3.63) is 510 Å². The van der Waals surface area contributed by atoms with E-state index in [4.69, 9.17) is 4.42 Å². The van der Waals surface area contributed by atoms with Crippen LogP contribution in [0.3, 0.4) is 0 Å². The lowest BCUT2D eigenvalue weighted by molar-refractivity contribution is 0.670. The predicted molar refractivity (Wildman–Crippen MR) is 592 cm³/mol. The Morgan fingerprint density at radius 1 is 0.121 bits per heavy atom. The van der Waals surface area contributed by atoms with Crippen LogP contribution in [0.25, 0.3) is 264 Å². The van der Waals surface area contributed by atoms with E-state index in [1.165, 1.54) is 191 Å². The average Bonchev–Trinajstić information content (AvgIpc) is 1.55. The van der Waals surface area contributed by atoms with Crippen molar-refractivity contribution < 1.29 is 4.42 Å². The molecule has 141 heavy (non-hydrogen) atoms. The zero-order valence-electron chi connectivity index (χ0n) is 76.5. The van der Waals surface area contributed by atoms with Gasteiger partial charge in [0.05, 0.1) is 88.3 Å². The van der Waals surface area contributed by atoms with Crippen LogP contribution in [0.5, 0.6) is 0 Å². The third-order valence-corrected chi connectivity index (χ3v) is 29.3. The first kappa shape index (κ1) is 79.4. The Labute approximate surface area is 809 Å². The Kier molecular flexibility index (Phi) is 17.9. The summed E-state index contributed by atoms with van der Waals surface area (Å²) >= 11 is 0. The molecule has 658 valence electrons. The van der Waals surface area contributed by atoms with Crippen molar-refractivity contribution in [3.8, 4) is 67.8 Å². The van der Waals surface area contributed by atoms with E-state index in [0.29, 0.717) is 0 Å². The molecule has 31 aromatic rings. The van der Waals surface area contributed by atoms with Gasteiger partial charge in [0.15, 0.2) is 0 Å². The number of aromatic nitrogens is 8. The highest BCUT2D eigenvalue weighted by Crippen LogP contribution is 2.50. The van der Waals surface area contributed by atoms with Crippen LogP contribution in [0, 0.1) is 0 Å². The van der Waals surface area contributed by atoms with Crippen LogP contribution < -0.4 is 0 Å². The van der Waals surface area contributed by atoms with E-state index in [2.05, 4.69) is 534 Å². The molecule has 0 unspecified atom stereocenters. The average molecular weight is 1800 g/mol. The van der Waals surface area contributed by atoms with Gasteiger partial charge in [-0.1, -0.05) is 328 Å². The molecule has 0 fully saturated rings. The Hall–Kier alpha value is -19.0. The molecule has 9 nitrogen and oxygen atoms in total. The predicted octanol–water partition coefficient (Wildman–Crippen LogP) is 35.1. The van der Waals surface area contributed by atoms with E-state index in [0.717, 1.165) is 72.9 Å². The second-order valence-corrected chi connectivity index (χ2v) is 36.9. The summed E-state index contributed by atoms with van der Waals surface area (Å²) in [4.78, 5) is 0. The van der Waals surface area contributed by atoms with E-state index in [9.17, 15) is 0 Å². The summed E-state index contributed by atoms with van der Waals surface area (Å²) < 4.78 is 25.9. The Morgan fingerprint density at radius 2 is 0.340 bits per heavy atom. The molecule has 0 aliphatic rings. The second kappa shape index (κ2) is 31.8. The van der Waals surface area contributed by atoms with Gasteiger partial charge in [0.1, 0.15) is 11.2 Å². The van der Waals surface area contributed by atoms with Crippen molar-refractivity contribution in [3.63, 3.8) is 0 Å². The molecule has 0 aliphatic heterocycles. The van der Waals surface area contributed by atoms with Crippen LogP contribution >= 0.6 is 0 Å². The summed E-state index contributed by atoms with van der Waals surface area (Å²) in [6.45, 7) is 0. The quantitative estimate of drug-likeness (QED) is 0.135. The molecule has 9 heteroatoms. The highest BCUT2D eigenvalue weighted by Gasteiger charge is 2.29. The van der Waals surface area contributed by atoms with Gasteiger partial charge in [0, 0.05) is 148 Å². The maximum absolute atomic E-state index is 6.46. The minimum Gasteiger partial charge on any atom is -0.455 e. The first-order chi connectivity index (χ1) is 70.0. The highest BCUT2D eigenvalue weighted by atomic mass is 16.3. The normalized spacial score (nSPS) is 12.0. The summed E-state index contributed by atoms with van der Waals surface area (Å²) in [7, 11) is 0. The molecule has 0 saturated heterocycles. The molecule has 0 bridgehead atoms. The largest absolute Gasteiger partial charge is 0.455 e. The van der Waals surface area contributed by atoms with Gasteiger partial charge in [-0.2, -0.15) is 0 Å². The fourth-order valence-corrected chi connectivity index (χ4v) is 23.4. The summed E-state index contributed by atoms with van der Waals surface area (Å²) in [5, 5.41) is 22.3. The van der Waals surface area contributed by atoms with Crippen molar-refractivity contribution in [1.29, 1.82) is 0 Å². The van der Waals surface area contributed by atoms with Crippen molar-refractivity contribution in [2.45, 2.75) is 0 Å². The molecule has 9 aromatic heterocycles. The van der Waals surface area contributed by atoms with Gasteiger partial charge >= 0.3 is 0 Å². The number of nitrogens with zero attached hydrogens (tertiary/aromatic N) is 8. The van der Waals surface area contributed by atoms with Crippen LogP contribution in [0.2, 0.25) is 0 Å². The third kappa shape index (κ3) is 12.2. The fraction of sp³-hybridized carbons (Fsp3) is 0. The first-order valence-electron chi connectivity index (χ1n) is 48.4. The molecule has 0 aliphatic carbocycles. The van der Waals surface area contributed by atoms with Crippen molar-refractivity contribution in [2.24, 2.45) is 0 Å². The molecule has 0 saturated carbocycles. The van der Waals surface area contributed by atoms with Gasteiger partial charge in [-0.3, -0.25) is 0 Å². The van der Waals surface area contributed by atoms with E-state index in [1.807, 2.05) is 12.1 Å². The Morgan fingerprint density at radius 3 is 0.688 bits per heavy atom. The Bertz CT molecular complexity index is 10400. The number of rotatable bonds is 10. The summed E-state index contributed by atoms with van der Waals surface area (Å²) in [5.74, 6) is 0. The Balaban J connectivity index is 0.000000102. The highest BCUT2D eigenvalue weighted by molar-refractivity contribution is 6.28. The maximum atomic E-state index is 6.46. The van der Waals surface area contributed by atoms with Crippen molar-refractivity contribution in [1.82, 2.24) is 36.5 Å². The topological polar surface area (TPSA) is 52.6 Å². The number of para-hydroxylation sites is 15. The number of furan rings is 1. The second-order valence-electron chi connectivity index (χ2n) is 36.9.